The van der Waals surface area contributed by atoms with E-state index in [1.165, 1.54) is 0 Å². The van der Waals surface area contributed by atoms with Crippen molar-refractivity contribution in [3.8, 4) is 0 Å². The van der Waals surface area contributed by atoms with Gasteiger partial charge in [0.05, 0.1) is 0 Å². The lowest BCUT2D eigenvalue weighted by atomic mass is 9.88. The summed E-state index contributed by atoms with van der Waals surface area (Å²) in [5.74, 6) is 0.483. The molecule has 0 aromatic heterocycles. The van der Waals surface area contributed by atoms with Crippen molar-refractivity contribution < 1.29 is 9.59 Å². The average Bonchev–Trinajstić information content (AvgIpc) is 2.04. The van der Waals surface area contributed by atoms with E-state index < -0.39 is 0 Å². The molecule has 1 amide bonds. The quantitative estimate of drug-likeness (QED) is 0.700. The van der Waals surface area contributed by atoms with Crippen LogP contribution in [0.15, 0.2) is 0 Å². The molecule has 0 spiro atoms. The Labute approximate surface area is 78.9 Å². The summed E-state index contributed by atoms with van der Waals surface area (Å²) in [5.41, 5.74) is 0. The van der Waals surface area contributed by atoms with Crippen LogP contribution in [0.25, 0.3) is 0 Å². The molecule has 3 nitrogen and oxygen atoms in total. The van der Waals surface area contributed by atoms with Crippen molar-refractivity contribution in [3.63, 3.8) is 0 Å². The van der Waals surface area contributed by atoms with E-state index in [2.05, 4.69) is 5.32 Å². The Balaban J connectivity index is 2.35. The molecular weight excluding hydrogens is 166 g/mol. The minimum atomic E-state index is 0.0695. The third-order valence-electron chi connectivity index (χ3n) is 2.35. The molecule has 0 saturated heterocycles. The molecule has 0 unspecified atom stereocenters. The molecule has 74 valence electrons. The molecule has 3 heteroatoms. The SMILES string of the molecule is CC(C)NC(=O)C1CCC(=O)CC1. The lowest BCUT2D eigenvalue weighted by Gasteiger charge is -2.21. The van der Waals surface area contributed by atoms with Gasteiger partial charge in [-0.2, -0.15) is 0 Å². The van der Waals surface area contributed by atoms with Crippen LogP contribution in [-0.2, 0) is 9.59 Å². The first-order chi connectivity index (χ1) is 6.09. The zero-order valence-electron chi connectivity index (χ0n) is 8.30. The number of Topliss-reactive ketones (excluding diaryl/α,β-unsaturated/α-hetero) is 1. The van der Waals surface area contributed by atoms with Gasteiger partial charge in [0, 0.05) is 24.8 Å². The highest BCUT2D eigenvalue weighted by Gasteiger charge is 2.24. The normalized spacial score (nSPS) is 19.2. The second kappa shape index (κ2) is 4.40. The number of ketones is 1. The molecule has 0 bridgehead atoms. The van der Waals surface area contributed by atoms with Crippen LogP contribution < -0.4 is 5.32 Å². The summed E-state index contributed by atoms with van der Waals surface area (Å²) < 4.78 is 0. The molecule has 0 radical (unpaired) electrons. The summed E-state index contributed by atoms with van der Waals surface area (Å²) in [4.78, 5) is 22.4. The Bertz CT molecular complexity index is 201. The minimum absolute atomic E-state index is 0.0695. The van der Waals surface area contributed by atoms with E-state index in [4.69, 9.17) is 0 Å². The fourth-order valence-electron chi connectivity index (χ4n) is 1.60. The van der Waals surface area contributed by atoms with E-state index in [1.807, 2.05) is 13.8 Å². The van der Waals surface area contributed by atoms with Gasteiger partial charge in [-0.15, -0.1) is 0 Å². The van der Waals surface area contributed by atoms with Crippen LogP contribution in [0, 0.1) is 5.92 Å². The standard InChI is InChI=1S/C10H17NO2/c1-7(2)11-10(13)8-3-5-9(12)6-4-8/h7-8H,3-6H2,1-2H3,(H,11,13). The number of nitrogens with one attached hydrogen (secondary N) is 1. The predicted octanol–water partition coefficient (Wildman–Crippen LogP) is 1.27. The molecule has 1 saturated carbocycles. The van der Waals surface area contributed by atoms with Crippen molar-refractivity contribution in [2.45, 2.75) is 45.6 Å². The van der Waals surface area contributed by atoms with Gasteiger partial charge in [-0.25, -0.2) is 0 Å². The van der Waals surface area contributed by atoms with E-state index in [1.54, 1.807) is 0 Å². The third-order valence-corrected chi connectivity index (χ3v) is 2.35. The summed E-state index contributed by atoms with van der Waals surface area (Å²) in [5, 5.41) is 2.88. The molecule has 1 N–H and O–H groups in total. The van der Waals surface area contributed by atoms with Crippen LogP contribution in [0.4, 0.5) is 0 Å². The van der Waals surface area contributed by atoms with Crippen molar-refractivity contribution >= 4 is 11.7 Å². The Morgan fingerprint density at radius 1 is 1.38 bits per heavy atom. The van der Waals surface area contributed by atoms with Crippen molar-refractivity contribution in [1.82, 2.24) is 5.32 Å². The largest absolute Gasteiger partial charge is 0.354 e. The predicted molar refractivity (Wildman–Crippen MR) is 50.2 cm³/mol. The van der Waals surface area contributed by atoms with Crippen LogP contribution in [-0.4, -0.2) is 17.7 Å². The van der Waals surface area contributed by atoms with Crippen LogP contribution in [0.2, 0.25) is 0 Å². The Hall–Kier alpha value is -0.860. The highest BCUT2D eigenvalue weighted by atomic mass is 16.2. The number of rotatable bonds is 2. The zero-order valence-corrected chi connectivity index (χ0v) is 8.30. The molecule has 0 aromatic carbocycles. The Morgan fingerprint density at radius 3 is 2.38 bits per heavy atom. The van der Waals surface area contributed by atoms with E-state index in [-0.39, 0.29) is 17.9 Å². The molecule has 1 rings (SSSR count). The molecule has 1 fully saturated rings. The maximum absolute atomic E-state index is 11.5. The summed E-state index contributed by atoms with van der Waals surface area (Å²) in [7, 11) is 0. The van der Waals surface area contributed by atoms with Gasteiger partial charge in [0.25, 0.3) is 0 Å². The molecule has 1 aliphatic rings. The van der Waals surface area contributed by atoms with Gasteiger partial charge < -0.3 is 5.32 Å². The van der Waals surface area contributed by atoms with Crippen molar-refractivity contribution in [1.29, 1.82) is 0 Å². The molecule has 13 heavy (non-hydrogen) atoms. The van der Waals surface area contributed by atoms with E-state index in [0.29, 0.717) is 18.6 Å². The van der Waals surface area contributed by atoms with Crippen molar-refractivity contribution in [2.24, 2.45) is 5.92 Å². The summed E-state index contributed by atoms with van der Waals surface area (Å²) >= 11 is 0. The zero-order chi connectivity index (χ0) is 9.84. The number of carbonyl (C=O) groups excluding carboxylic acids is 2. The van der Waals surface area contributed by atoms with Crippen LogP contribution in [0.5, 0.6) is 0 Å². The molecule has 0 heterocycles. The molecule has 1 aliphatic carbocycles. The highest BCUT2D eigenvalue weighted by molar-refractivity contribution is 5.84. The average molecular weight is 183 g/mol. The number of hydrogen-bond donors (Lipinski definition) is 1. The molecule has 0 aromatic rings. The second-order valence-corrected chi connectivity index (χ2v) is 3.98. The maximum Gasteiger partial charge on any atom is 0.223 e. The van der Waals surface area contributed by atoms with E-state index in [9.17, 15) is 9.59 Å². The third kappa shape index (κ3) is 3.17. The lowest BCUT2D eigenvalue weighted by molar-refractivity contribution is -0.128. The maximum atomic E-state index is 11.5. The summed E-state index contributed by atoms with van der Waals surface area (Å²) in [6, 6.07) is 0.199. The van der Waals surface area contributed by atoms with Crippen molar-refractivity contribution in [2.75, 3.05) is 0 Å². The van der Waals surface area contributed by atoms with Crippen LogP contribution in [0.3, 0.4) is 0 Å². The van der Waals surface area contributed by atoms with Crippen LogP contribution >= 0.6 is 0 Å². The fraction of sp³-hybridized carbons (Fsp3) is 0.800. The summed E-state index contributed by atoms with van der Waals surface area (Å²) in [6.07, 6.45) is 2.63. The van der Waals surface area contributed by atoms with Gasteiger partial charge in [0.15, 0.2) is 0 Å². The van der Waals surface area contributed by atoms with Crippen LogP contribution in [0.1, 0.15) is 39.5 Å². The molecule has 0 aliphatic heterocycles. The lowest BCUT2D eigenvalue weighted by Crippen LogP contribution is -2.37. The van der Waals surface area contributed by atoms with Crippen molar-refractivity contribution in [3.05, 3.63) is 0 Å². The Morgan fingerprint density at radius 2 is 1.92 bits per heavy atom. The first kappa shape index (κ1) is 10.2. The number of amides is 1. The second-order valence-electron chi connectivity index (χ2n) is 3.98. The highest BCUT2D eigenvalue weighted by Crippen LogP contribution is 2.21. The van der Waals surface area contributed by atoms with Gasteiger partial charge in [-0.3, -0.25) is 9.59 Å². The molecule has 0 atom stereocenters. The molecular formula is C10H17NO2. The monoisotopic (exact) mass is 183 g/mol. The topological polar surface area (TPSA) is 46.2 Å². The Kier molecular flexibility index (Phi) is 3.46. The minimum Gasteiger partial charge on any atom is -0.354 e. The smallest absolute Gasteiger partial charge is 0.223 e. The first-order valence-corrected chi connectivity index (χ1v) is 4.91. The van der Waals surface area contributed by atoms with Gasteiger partial charge >= 0.3 is 0 Å². The van der Waals surface area contributed by atoms with Gasteiger partial charge in [-0.05, 0) is 26.7 Å². The number of carbonyl (C=O) groups is 2. The van der Waals surface area contributed by atoms with Gasteiger partial charge in [-0.1, -0.05) is 0 Å². The van der Waals surface area contributed by atoms with Gasteiger partial charge in [0.2, 0.25) is 5.91 Å². The summed E-state index contributed by atoms with van der Waals surface area (Å²) in [6.45, 7) is 3.90. The first-order valence-electron chi connectivity index (χ1n) is 4.91. The fourth-order valence-corrected chi connectivity index (χ4v) is 1.60. The number of hydrogen-bond acceptors (Lipinski definition) is 2. The van der Waals surface area contributed by atoms with E-state index in [0.717, 1.165) is 12.8 Å². The van der Waals surface area contributed by atoms with Gasteiger partial charge in [0.1, 0.15) is 5.78 Å². The van der Waals surface area contributed by atoms with E-state index >= 15 is 0 Å².